The minimum Gasteiger partial charge on any atom is -0.493 e. The summed E-state index contributed by atoms with van der Waals surface area (Å²) >= 11 is 0. The first-order valence-electron chi connectivity index (χ1n) is 6.71. The third-order valence-electron chi connectivity index (χ3n) is 3.28. The van der Waals surface area contributed by atoms with Crippen LogP contribution in [0.4, 0.5) is 0 Å². The molecule has 1 aromatic carbocycles. The van der Waals surface area contributed by atoms with Crippen LogP contribution in [-0.4, -0.2) is 32.7 Å². The molecule has 1 heterocycles. The molecule has 0 aliphatic carbocycles. The number of aldehydes is 1. The first-order valence-corrected chi connectivity index (χ1v) is 6.71. The maximum Gasteiger partial charge on any atom is 0.161 e. The summed E-state index contributed by atoms with van der Waals surface area (Å²) in [5.41, 5.74) is 0.593. The molecule has 1 fully saturated rings. The molecule has 0 aromatic heterocycles. The molecule has 0 spiro atoms. The summed E-state index contributed by atoms with van der Waals surface area (Å²) in [5.74, 6) is 1.28. The lowest BCUT2D eigenvalue weighted by Crippen LogP contribution is -2.08. The van der Waals surface area contributed by atoms with E-state index in [9.17, 15) is 4.79 Å². The number of rotatable bonds is 7. The second-order valence-corrected chi connectivity index (χ2v) is 4.65. The molecular weight excluding hydrogens is 244 g/mol. The van der Waals surface area contributed by atoms with Gasteiger partial charge in [-0.2, -0.15) is 0 Å². The van der Waals surface area contributed by atoms with Gasteiger partial charge < -0.3 is 14.2 Å². The normalized spacial score (nSPS) is 18.3. The van der Waals surface area contributed by atoms with Crippen LogP contribution >= 0.6 is 0 Å². The fourth-order valence-electron chi connectivity index (χ4n) is 2.24. The van der Waals surface area contributed by atoms with Crippen molar-refractivity contribution in [2.45, 2.75) is 31.8 Å². The van der Waals surface area contributed by atoms with E-state index in [0.717, 1.165) is 32.2 Å². The van der Waals surface area contributed by atoms with E-state index < -0.39 is 0 Å². The van der Waals surface area contributed by atoms with E-state index >= 15 is 0 Å². The van der Waals surface area contributed by atoms with Gasteiger partial charge in [-0.05, 0) is 43.9 Å². The molecule has 1 aliphatic heterocycles. The summed E-state index contributed by atoms with van der Waals surface area (Å²) in [6.07, 6.45) is 5.49. The number of ether oxygens (including phenoxy) is 3. The molecule has 0 bridgehead atoms. The smallest absolute Gasteiger partial charge is 0.161 e. The monoisotopic (exact) mass is 264 g/mol. The van der Waals surface area contributed by atoms with Gasteiger partial charge in [-0.1, -0.05) is 0 Å². The van der Waals surface area contributed by atoms with Gasteiger partial charge >= 0.3 is 0 Å². The van der Waals surface area contributed by atoms with Crippen molar-refractivity contribution in [1.29, 1.82) is 0 Å². The van der Waals surface area contributed by atoms with Crippen molar-refractivity contribution in [1.82, 2.24) is 0 Å². The quantitative estimate of drug-likeness (QED) is 0.561. The van der Waals surface area contributed by atoms with Crippen molar-refractivity contribution >= 4 is 6.29 Å². The van der Waals surface area contributed by atoms with Crippen molar-refractivity contribution in [3.63, 3.8) is 0 Å². The van der Waals surface area contributed by atoms with Crippen LogP contribution in [0.25, 0.3) is 0 Å². The van der Waals surface area contributed by atoms with Gasteiger partial charge in [0.15, 0.2) is 11.5 Å². The van der Waals surface area contributed by atoms with Gasteiger partial charge in [0.05, 0.1) is 19.8 Å². The van der Waals surface area contributed by atoms with Crippen LogP contribution in [0.2, 0.25) is 0 Å². The molecule has 1 saturated heterocycles. The fraction of sp³-hybridized carbons (Fsp3) is 0.533. The number of hydrogen-bond donors (Lipinski definition) is 0. The molecule has 1 aliphatic rings. The van der Waals surface area contributed by atoms with Crippen molar-refractivity contribution in [2.75, 3.05) is 20.3 Å². The Bertz CT molecular complexity index is 411. The predicted molar refractivity (Wildman–Crippen MR) is 72.1 cm³/mol. The molecule has 0 saturated carbocycles. The maximum atomic E-state index is 10.7. The fourth-order valence-corrected chi connectivity index (χ4v) is 2.24. The molecule has 0 amide bonds. The lowest BCUT2D eigenvalue weighted by Gasteiger charge is -2.12. The number of benzene rings is 1. The Morgan fingerprint density at radius 3 is 3.00 bits per heavy atom. The van der Waals surface area contributed by atoms with Gasteiger partial charge in [-0.15, -0.1) is 0 Å². The second-order valence-electron chi connectivity index (χ2n) is 4.65. The van der Waals surface area contributed by atoms with Crippen LogP contribution in [0.15, 0.2) is 18.2 Å². The van der Waals surface area contributed by atoms with Crippen LogP contribution in [0.3, 0.4) is 0 Å². The SMILES string of the molecule is COc1ccc(C=O)cc1OCCCC1CCCO1. The Morgan fingerprint density at radius 2 is 2.32 bits per heavy atom. The third kappa shape index (κ3) is 3.96. The number of carbonyl (C=O) groups is 1. The molecule has 1 aromatic rings. The standard InChI is InChI=1S/C15H20O4/c1-17-14-7-6-12(11-16)10-15(14)19-9-3-5-13-4-2-8-18-13/h6-7,10-11,13H,2-5,8-9H2,1H3. The van der Waals surface area contributed by atoms with E-state index in [4.69, 9.17) is 14.2 Å². The first-order chi connectivity index (χ1) is 9.33. The highest BCUT2D eigenvalue weighted by atomic mass is 16.5. The van der Waals surface area contributed by atoms with Gasteiger partial charge in [0.25, 0.3) is 0 Å². The van der Waals surface area contributed by atoms with Crippen LogP contribution < -0.4 is 9.47 Å². The van der Waals surface area contributed by atoms with Gasteiger partial charge in [-0.25, -0.2) is 0 Å². The highest BCUT2D eigenvalue weighted by molar-refractivity contribution is 5.76. The summed E-state index contributed by atoms with van der Waals surface area (Å²) < 4.78 is 16.5. The maximum absolute atomic E-state index is 10.7. The Morgan fingerprint density at radius 1 is 1.42 bits per heavy atom. The van der Waals surface area contributed by atoms with Crippen LogP contribution in [0.1, 0.15) is 36.0 Å². The Kier molecular flexibility index (Phi) is 5.21. The summed E-state index contributed by atoms with van der Waals surface area (Å²) in [5, 5.41) is 0. The Hall–Kier alpha value is -1.55. The zero-order valence-electron chi connectivity index (χ0n) is 11.3. The van der Waals surface area contributed by atoms with Crippen LogP contribution in [0.5, 0.6) is 11.5 Å². The molecule has 4 nitrogen and oxygen atoms in total. The predicted octanol–water partition coefficient (Wildman–Crippen LogP) is 2.85. The summed E-state index contributed by atoms with van der Waals surface area (Å²) in [6, 6.07) is 5.17. The lowest BCUT2D eigenvalue weighted by molar-refractivity contribution is 0.0980. The van der Waals surface area contributed by atoms with Crippen LogP contribution in [0, 0.1) is 0 Å². The molecule has 1 unspecified atom stereocenters. The molecule has 1 atom stereocenters. The van der Waals surface area contributed by atoms with Crippen molar-refractivity contribution < 1.29 is 19.0 Å². The molecule has 0 radical (unpaired) electrons. The Balaban J connectivity index is 1.81. The highest BCUT2D eigenvalue weighted by Crippen LogP contribution is 2.28. The average Bonchev–Trinajstić information content (AvgIpc) is 2.96. The van der Waals surface area contributed by atoms with E-state index in [1.54, 1.807) is 25.3 Å². The summed E-state index contributed by atoms with van der Waals surface area (Å²) in [4.78, 5) is 10.7. The topological polar surface area (TPSA) is 44.8 Å². The molecule has 2 rings (SSSR count). The molecular formula is C15H20O4. The zero-order valence-corrected chi connectivity index (χ0v) is 11.3. The molecule has 104 valence electrons. The van der Waals surface area contributed by atoms with Gasteiger partial charge in [0.2, 0.25) is 0 Å². The van der Waals surface area contributed by atoms with Crippen molar-refractivity contribution in [3.8, 4) is 11.5 Å². The first kappa shape index (κ1) is 13.9. The minimum absolute atomic E-state index is 0.395. The van der Waals surface area contributed by atoms with E-state index in [2.05, 4.69) is 0 Å². The third-order valence-corrected chi connectivity index (χ3v) is 3.28. The number of carbonyl (C=O) groups excluding carboxylic acids is 1. The number of methoxy groups -OCH3 is 1. The van der Waals surface area contributed by atoms with Crippen LogP contribution in [-0.2, 0) is 4.74 Å². The van der Waals surface area contributed by atoms with Gasteiger partial charge in [0.1, 0.15) is 6.29 Å². The lowest BCUT2D eigenvalue weighted by atomic mass is 10.1. The van der Waals surface area contributed by atoms with E-state index in [0.29, 0.717) is 29.8 Å². The zero-order chi connectivity index (χ0) is 13.5. The number of hydrogen-bond acceptors (Lipinski definition) is 4. The molecule has 19 heavy (non-hydrogen) atoms. The van der Waals surface area contributed by atoms with Crippen molar-refractivity contribution in [3.05, 3.63) is 23.8 Å². The summed E-state index contributed by atoms with van der Waals surface area (Å²) in [6.45, 7) is 1.50. The van der Waals surface area contributed by atoms with Gasteiger partial charge in [0, 0.05) is 12.2 Å². The largest absolute Gasteiger partial charge is 0.493 e. The Labute approximate surface area is 113 Å². The van der Waals surface area contributed by atoms with Gasteiger partial charge in [-0.3, -0.25) is 4.79 Å². The highest BCUT2D eigenvalue weighted by Gasteiger charge is 2.14. The molecule has 0 N–H and O–H groups in total. The van der Waals surface area contributed by atoms with E-state index in [1.165, 1.54) is 6.42 Å². The molecule has 4 heteroatoms. The van der Waals surface area contributed by atoms with E-state index in [1.807, 2.05) is 0 Å². The minimum atomic E-state index is 0.395. The summed E-state index contributed by atoms with van der Waals surface area (Å²) in [7, 11) is 1.59. The van der Waals surface area contributed by atoms with Crippen molar-refractivity contribution in [2.24, 2.45) is 0 Å². The second kappa shape index (κ2) is 7.14. The van der Waals surface area contributed by atoms with E-state index in [-0.39, 0.29) is 0 Å². The average molecular weight is 264 g/mol.